The molecule has 0 spiro atoms. The molecule has 2 rings (SSSR count). The molecule has 9 heteroatoms. The number of hydrogen-bond donors (Lipinski definition) is 2. The van der Waals surface area contributed by atoms with Crippen LogP contribution >= 0.6 is 11.5 Å². The first-order valence-corrected chi connectivity index (χ1v) is 5.70. The van der Waals surface area contributed by atoms with Gasteiger partial charge in [0.15, 0.2) is 0 Å². The minimum atomic E-state index is -4.57. The van der Waals surface area contributed by atoms with Crippen molar-refractivity contribution < 1.29 is 18.0 Å². The summed E-state index contributed by atoms with van der Waals surface area (Å²) in [7, 11) is 0. The molecule has 5 nitrogen and oxygen atoms in total. The summed E-state index contributed by atoms with van der Waals surface area (Å²) in [5, 5.41) is 5.78. The fourth-order valence-electron chi connectivity index (χ4n) is 1.34. The number of hydrogen-bond acceptors (Lipinski definition) is 5. The molecule has 0 radical (unpaired) electrons. The molecule has 0 bridgehead atoms. The monoisotopic (exact) mass is 288 g/mol. The van der Waals surface area contributed by atoms with Crippen LogP contribution in [0.4, 0.5) is 24.5 Å². The van der Waals surface area contributed by atoms with Crippen molar-refractivity contribution in [2.45, 2.75) is 6.18 Å². The van der Waals surface area contributed by atoms with Gasteiger partial charge in [0.1, 0.15) is 4.88 Å². The van der Waals surface area contributed by atoms with Gasteiger partial charge in [0, 0.05) is 11.4 Å². The Bertz CT molecular complexity index is 597. The first kappa shape index (κ1) is 13.3. The number of amides is 1. The van der Waals surface area contributed by atoms with E-state index in [-0.39, 0.29) is 10.6 Å². The zero-order valence-corrected chi connectivity index (χ0v) is 10.0. The van der Waals surface area contributed by atoms with Crippen LogP contribution in [0.5, 0.6) is 0 Å². The molecule has 1 aromatic carbocycles. The van der Waals surface area contributed by atoms with Crippen LogP contribution in [0.3, 0.4) is 0 Å². The van der Waals surface area contributed by atoms with E-state index in [1.807, 2.05) is 0 Å². The van der Waals surface area contributed by atoms with Gasteiger partial charge in [-0.25, -0.2) is 0 Å². The summed E-state index contributed by atoms with van der Waals surface area (Å²) in [4.78, 5) is 11.8. The summed E-state index contributed by atoms with van der Waals surface area (Å²) in [6.45, 7) is 0. The van der Waals surface area contributed by atoms with E-state index in [0.29, 0.717) is 0 Å². The van der Waals surface area contributed by atoms with Gasteiger partial charge in [-0.1, -0.05) is 4.49 Å². The third-order valence-corrected chi connectivity index (χ3v) is 2.87. The summed E-state index contributed by atoms with van der Waals surface area (Å²) in [6, 6.07) is 3.15. The maximum Gasteiger partial charge on any atom is 0.418 e. The number of anilines is 2. The van der Waals surface area contributed by atoms with Crippen molar-refractivity contribution in [3.8, 4) is 0 Å². The molecule has 1 aromatic heterocycles. The van der Waals surface area contributed by atoms with Crippen LogP contribution in [0.25, 0.3) is 0 Å². The fourth-order valence-corrected chi connectivity index (χ4v) is 1.75. The Balaban J connectivity index is 2.25. The van der Waals surface area contributed by atoms with E-state index >= 15 is 0 Å². The molecule has 0 saturated heterocycles. The zero-order valence-electron chi connectivity index (χ0n) is 9.23. The quantitative estimate of drug-likeness (QED) is 0.831. The number of alkyl halides is 3. The Morgan fingerprint density at radius 2 is 2.11 bits per heavy atom. The van der Waals surface area contributed by atoms with Crippen molar-refractivity contribution in [2.24, 2.45) is 0 Å². The highest BCUT2D eigenvalue weighted by Crippen LogP contribution is 2.35. The molecule has 0 atom stereocenters. The number of benzene rings is 1. The van der Waals surface area contributed by atoms with Gasteiger partial charge < -0.3 is 11.1 Å². The number of carbonyl (C=O) groups is 1. The van der Waals surface area contributed by atoms with E-state index in [4.69, 9.17) is 5.73 Å². The third-order valence-electron chi connectivity index (χ3n) is 2.20. The lowest BCUT2D eigenvalue weighted by atomic mass is 10.1. The Hall–Kier alpha value is -2.16. The molecule has 3 N–H and O–H groups in total. The normalized spacial score (nSPS) is 11.3. The second-order valence-corrected chi connectivity index (χ2v) is 4.32. The van der Waals surface area contributed by atoms with Gasteiger partial charge in [0.2, 0.25) is 0 Å². The summed E-state index contributed by atoms with van der Waals surface area (Å²) in [6.07, 6.45) is -3.35. The highest BCUT2D eigenvalue weighted by atomic mass is 32.1. The van der Waals surface area contributed by atoms with Crippen molar-refractivity contribution in [3.63, 3.8) is 0 Å². The van der Waals surface area contributed by atoms with E-state index < -0.39 is 23.3 Å². The number of nitrogens with one attached hydrogen (secondary N) is 1. The number of aromatic nitrogens is 2. The van der Waals surface area contributed by atoms with E-state index in [0.717, 1.165) is 23.7 Å². The standard InChI is InChI=1S/C10H7F3N4OS/c11-10(12,13)6-3-5(1-2-7(6)14)16-9(18)8-4-15-17-19-8/h1-4H,14H2,(H,16,18). The number of rotatable bonds is 2. The maximum absolute atomic E-state index is 12.6. The molecule has 100 valence electrons. The first-order chi connectivity index (χ1) is 8.88. The van der Waals surface area contributed by atoms with Crippen molar-refractivity contribution >= 4 is 28.8 Å². The minimum absolute atomic E-state index is 0.0000694. The number of nitrogens with zero attached hydrogens (tertiary/aromatic N) is 2. The molecule has 0 unspecified atom stereocenters. The Kier molecular flexibility index (Phi) is 3.38. The molecule has 2 aromatic rings. The SMILES string of the molecule is Nc1ccc(NC(=O)c2cnns2)cc1C(F)(F)F. The number of halogens is 3. The largest absolute Gasteiger partial charge is 0.418 e. The van der Waals surface area contributed by atoms with Crippen molar-refractivity contribution in [2.75, 3.05) is 11.1 Å². The zero-order chi connectivity index (χ0) is 14.0. The van der Waals surface area contributed by atoms with Crippen molar-refractivity contribution in [1.29, 1.82) is 0 Å². The Morgan fingerprint density at radius 1 is 1.37 bits per heavy atom. The lowest BCUT2D eigenvalue weighted by Crippen LogP contribution is -2.13. The second-order valence-electron chi connectivity index (χ2n) is 3.54. The van der Waals surface area contributed by atoms with Crippen LogP contribution in [0.15, 0.2) is 24.4 Å². The molecule has 0 saturated carbocycles. The second kappa shape index (κ2) is 4.84. The molecule has 1 heterocycles. The van der Waals surface area contributed by atoms with E-state index in [9.17, 15) is 18.0 Å². The van der Waals surface area contributed by atoms with Crippen LogP contribution in [0.1, 0.15) is 15.2 Å². The number of nitrogens with two attached hydrogens (primary N) is 1. The maximum atomic E-state index is 12.6. The van der Waals surface area contributed by atoms with Gasteiger partial charge in [-0.15, -0.1) is 5.10 Å². The number of nitrogen functional groups attached to an aromatic ring is 1. The predicted octanol–water partition coefficient (Wildman–Crippen LogP) is 2.39. The van der Waals surface area contributed by atoms with Gasteiger partial charge in [-0.3, -0.25) is 4.79 Å². The molecule has 1 amide bonds. The van der Waals surface area contributed by atoms with E-state index in [1.54, 1.807) is 0 Å². The van der Waals surface area contributed by atoms with Crippen LogP contribution in [-0.4, -0.2) is 15.5 Å². The molecule has 0 aliphatic rings. The van der Waals surface area contributed by atoms with Crippen LogP contribution < -0.4 is 11.1 Å². The van der Waals surface area contributed by atoms with E-state index in [1.165, 1.54) is 12.3 Å². The minimum Gasteiger partial charge on any atom is -0.398 e. The Labute approximate surface area is 109 Å². The first-order valence-electron chi connectivity index (χ1n) is 4.93. The molecular weight excluding hydrogens is 281 g/mol. The van der Waals surface area contributed by atoms with Crippen LogP contribution in [0, 0.1) is 0 Å². The highest BCUT2D eigenvalue weighted by Gasteiger charge is 2.33. The predicted molar refractivity (Wildman–Crippen MR) is 63.7 cm³/mol. The topological polar surface area (TPSA) is 80.9 Å². The lowest BCUT2D eigenvalue weighted by molar-refractivity contribution is -0.136. The average molecular weight is 288 g/mol. The highest BCUT2D eigenvalue weighted by molar-refractivity contribution is 7.07. The summed E-state index contributed by atoms with van der Waals surface area (Å²) < 4.78 is 41.4. The molecule has 19 heavy (non-hydrogen) atoms. The molecular formula is C10H7F3N4OS. The smallest absolute Gasteiger partial charge is 0.398 e. The molecule has 0 aliphatic heterocycles. The Morgan fingerprint density at radius 3 is 2.68 bits per heavy atom. The summed E-state index contributed by atoms with van der Waals surface area (Å²) >= 11 is 0.843. The van der Waals surface area contributed by atoms with Gasteiger partial charge in [0.25, 0.3) is 5.91 Å². The lowest BCUT2D eigenvalue weighted by Gasteiger charge is -2.12. The molecule has 0 fully saturated rings. The van der Waals surface area contributed by atoms with Gasteiger partial charge >= 0.3 is 6.18 Å². The van der Waals surface area contributed by atoms with Gasteiger partial charge in [-0.05, 0) is 29.7 Å². The van der Waals surface area contributed by atoms with Crippen LogP contribution in [0.2, 0.25) is 0 Å². The van der Waals surface area contributed by atoms with Crippen LogP contribution in [-0.2, 0) is 6.18 Å². The summed E-state index contributed by atoms with van der Waals surface area (Å²) in [5.74, 6) is -0.576. The fraction of sp³-hybridized carbons (Fsp3) is 0.100. The van der Waals surface area contributed by atoms with Gasteiger partial charge in [-0.2, -0.15) is 13.2 Å². The van der Waals surface area contributed by atoms with Gasteiger partial charge in [0.05, 0.1) is 11.8 Å². The number of carbonyl (C=O) groups excluding carboxylic acids is 1. The summed E-state index contributed by atoms with van der Waals surface area (Å²) in [5.41, 5.74) is 3.86. The third kappa shape index (κ3) is 2.99. The van der Waals surface area contributed by atoms with E-state index in [2.05, 4.69) is 14.9 Å². The van der Waals surface area contributed by atoms with Crippen molar-refractivity contribution in [1.82, 2.24) is 9.59 Å². The van der Waals surface area contributed by atoms with Crippen molar-refractivity contribution in [3.05, 3.63) is 34.8 Å². The average Bonchev–Trinajstić information content (AvgIpc) is 2.83. The molecule has 0 aliphatic carbocycles.